The largest absolute Gasteiger partial charge is 0.366 e. The van der Waals surface area contributed by atoms with Crippen LogP contribution in [0, 0.1) is 0 Å². The summed E-state index contributed by atoms with van der Waals surface area (Å²) in [4.78, 5) is 12.2. The minimum atomic E-state index is -0.454. The second-order valence-electron chi connectivity index (χ2n) is 5.05. The summed E-state index contributed by atoms with van der Waals surface area (Å²) in [6, 6.07) is 9.79. The Balaban J connectivity index is 1.66. The molecule has 1 aliphatic rings. The molecule has 1 saturated heterocycles. The topological polar surface area (TPSA) is 68.2 Å². The van der Waals surface area contributed by atoms with E-state index in [1.165, 1.54) is 0 Å². The van der Waals surface area contributed by atoms with Crippen molar-refractivity contribution >= 4 is 27.7 Å². The van der Waals surface area contributed by atoms with Crippen molar-refractivity contribution in [1.29, 1.82) is 0 Å². The SMILES string of the molecule is O=C(Nc1ccnn1Cc1ccc(Br)cc1)C1CNCCO1. The third kappa shape index (κ3) is 3.73. The van der Waals surface area contributed by atoms with Gasteiger partial charge in [-0.25, -0.2) is 4.68 Å². The van der Waals surface area contributed by atoms with E-state index in [0.717, 1.165) is 16.6 Å². The summed E-state index contributed by atoms with van der Waals surface area (Å²) in [5, 5.41) is 10.3. The Hall–Kier alpha value is -1.70. The van der Waals surface area contributed by atoms with Gasteiger partial charge in [-0.1, -0.05) is 28.1 Å². The summed E-state index contributed by atoms with van der Waals surface area (Å²) in [6.45, 7) is 2.47. The van der Waals surface area contributed by atoms with Gasteiger partial charge in [0.2, 0.25) is 0 Å². The first-order valence-corrected chi connectivity index (χ1v) is 7.91. The highest BCUT2D eigenvalue weighted by molar-refractivity contribution is 9.10. The number of rotatable bonds is 4. The van der Waals surface area contributed by atoms with Crippen molar-refractivity contribution in [2.24, 2.45) is 0 Å². The predicted octanol–water partition coefficient (Wildman–Crippen LogP) is 1.62. The number of amides is 1. The van der Waals surface area contributed by atoms with Crippen molar-refractivity contribution in [1.82, 2.24) is 15.1 Å². The van der Waals surface area contributed by atoms with Crippen molar-refractivity contribution in [3.8, 4) is 0 Å². The number of aromatic nitrogens is 2. The summed E-state index contributed by atoms with van der Waals surface area (Å²) >= 11 is 3.42. The molecule has 0 spiro atoms. The molecule has 0 bridgehead atoms. The molecule has 2 N–H and O–H groups in total. The fourth-order valence-electron chi connectivity index (χ4n) is 2.27. The van der Waals surface area contributed by atoms with Crippen LogP contribution in [-0.4, -0.2) is 41.5 Å². The zero-order valence-electron chi connectivity index (χ0n) is 12.0. The van der Waals surface area contributed by atoms with E-state index >= 15 is 0 Å². The Morgan fingerprint density at radius 3 is 2.95 bits per heavy atom. The fraction of sp³-hybridized carbons (Fsp3) is 0.333. The van der Waals surface area contributed by atoms with E-state index < -0.39 is 6.10 Å². The van der Waals surface area contributed by atoms with Gasteiger partial charge in [-0.3, -0.25) is 4.79 Å². The first-order valence-electron chi connectivity index (χ1n) is 7.12. The molecule has 0 aliphatic carbocycles. The van der Waals surface area contributed by atoms with Crippen LogP contribution in [0.25, 0.3) is 0 Å². The van der Waals surface area contributed by atoms with Crippen molar-refractivity contribution in [2.45, 2.75) is 12.6 Å². The zero-order chi connectivity index (χ0) is 15.4. The molecular weight excluding hydrogens is 348 g/mol. The number of nitrogens with zero attached hydrogens (tertiary/aromatic N) is 2. The van der Waals surface area contributed by atoms with Crippen LogP contribution in [0.2, 0.25) is 0 Å². The van der Waals surface area contributed by atoms with Crippen LogP contribution in [0.15, 0.2) is 41.0 Å². The summed E-state index contributed by atoms with van der Waals surface area (Å²) in [5.41, 5.74) is 1.11. The number of hydrogen-bond acceptors (Lipinski definition) is 4. The normalized spacial score (nSPS) is 18.1. The van der Waals surface area contributed by atoms with E-state index in [2.05, 4.69) is 31.7 Å². The van der Waals surface area contributed by atoms with Gasteiger partial charge in [0, 0.05) is 23.6 Å². The van der Waals surface area contributed by atoms with E-state index in [0.29, 0.717) is 25.5 Å². The van der Waals surface area contributed by atoms with Crippen LogP contribution in [0.4, 0.5) is 5.82 Å². The van der Waals surface area contributed by atoms with Crippen LogP contribution in [0.3, 0.4) is 0 Å². The molecule has 0 saturated carbocycles. The molecule has 22 heavy (non-hydrogen) atoms. The number of nitrogens with one attached hydrogen (secondary N) is 2. The highest BCUT2D eigenvalue weighted by Crippen LogP contribution is 2.14. The number of benzene rings is 1. The van der Waals surface area contributed by atoms with Gasteiger partial charge in [0.15, 0.2) is 0 Å². The Kier molecular flexibility index (Phi) is 4.87. The van der Waals surface area contributed by atoms with Gasteiger partial charge in [0.1, 0.15) is 11.9 Å². The molecule has 2 heterocycles. The highest BCUT2D eigenvalue weighted by atomic mass is 79.9. The molecule has 1 aliphatic heterocycles. The molecule has 6 nitrogen and oxygen atoms in total. The van der Waals surface area contributed by atoms with E-state index in [-0.39, 0.29) is 5.91 Å². The van der Waals surface area contributed by atoms with Crippen molar-refractivity contribution in [3.63, 3.8) is 0 Å². The number of carbonyl (C=O) groups is 1. The third-order valence-electron chi connectivity index (χ3n) is 3.43. The molecular formula is C15H17BrN4O2. The Morgan fingerprint density at radius 1 is 1.41 bits per heavy atom. The van der Waals surface area contributed by atoms with Gasteiger partial charge in [-0.05, 0) is 17.7 Å². The van der Waals surface area contributed by atoms with Crippen LogP contribution in [-0.2, 0) is 16.1 Å². The maximum absolute atomic E-state index is 12.2. The van der Waals surface area contributed by atoms with Crippen molar-refractivity contribution < 1.29 is 9.53 Å². The highest BCUT2D eigenvalue weighted by Gasteiger charge is 2.22. The Labute approximate surface area is 137 Å². The van der Waals surface area contributed by atoms with Crippen LogP contribution < -0.4 is 10.6 Å². The number of halogens is 1. The molecule has 7 heteroatoms. The molecule has 1 unspecified atom stereocenters. The quantitative estimate of drug-likeness (QED) is 0.864. The van der Waals surface area contributed by atoms with Crippen LogP contribution >= 0.6 is 15.9 Å². The van der Waals surface area contributed by atoms with Crippen LogP contribution in [0.1, 0.15) is 5.56 Å². The second-order valence-corrected chi connectivity index (χ2v) is 5.97. The van der Waals surface area contributed by atoms with Gasteiger partial charge >= 0.3 is 0 Å². The van der Waals surface area contributed by atoms with Crippen LogP contribution in [0.5, 0.6) is 0 Å². The first-order chi connectivity index (χ1) is 10.7. The lowest BCUT2D eigenvalue weighted by molar-refractivity contribution is -0.128. The molecule has 1 fully saturated rings. The number of anilines is 1. The molecule has 116 valence electrons. The summed E-state index contributed by atoms with van der Waals surface area (Å²) in [7, 11) is 0. The van der Waals surface area contributed by atoms with E-state index in [1.807, 2.05) is 24.3 Å². The first kappa shape index (κ1) is 15.2. The number of carbonyl (C=O) groups excluding carboxylic acids is 1. The van der Waals surface area contributed by atoms with Crippen molar-refractivity contribution in [3.05, 3.63) is 46.6 Å². The van der Waals surface area contributed by atoms with Gasteiger partial charge < -0.3 is 15.4 Å². The lowest BCUT2D eigenvalue weighted by Crippen LogP contribution is -2.45. The number of morpholine rings is 1. The fourth-order valence-corrected chi connectivity index (χ4v) is 2.53. The lowest BCUT2D eigenvalue weighted by atomic mass is 10.2. The van der Waals surface area contributed by atoms with E-state index in [1.54, 1.807) is 16.9 Å². The summed E-state index contributed by atoms with van der Waals surface area (Å²) in [6.07, 6.45) is 1.22. The molecule has 1 aromatic carbocycles. The second kappa shape index (κ2) is 7.04. The minimum Gasteiger partial charge on any atom is -0.366 e. The Bertz CT molecular complexity index is 635. The monoisotopic (exact) mass is 364 g/mol. The minimum absolute atomic E-state index is 0.148. The average molecular weight is 365 g/mol. The molecule has 2 aromatic rings. The maximum atomic E-state index is 12.2. The standard InChI is InChI=1S/C15H17BrN4O2/c16-12-3-1-11(2-4-12)10-20-14(5-6-18-20)19-15(21)13-9-17-7-8-22-13/h1-6,13,17H,7-10H2,(H,19,21). The Morgan fingerprint density at radius 2 is 2.23 bits per heavy atom. The number of ether oxygens (including phenoxy) is 1. The lowest BCUT2D eigenvalue weighted by Gasteiger charge is -2.22. The summed E-state index contributed by atoms with van der Waals surface area (Å²) in [5.74, 6) is 0.520. The van der Waals surface area contributed by atoms with Gasteiger partial charge in [0.05, 0.1) is 19.3 Å². The molecule has 1 amide bonds. The third-order valence-corrected chi connectivity index (χ3v) is 3.96. The summed E-state index contributed by atoms with van der Waals surface area (Å²) < 4.78 is 8.25. The van der Waals surface area contributed by atoms with Crippen molar-refractivity contribution in [2.75, 3.05) is 25.0 Å². The van der Waals surface area contributed by atoms with E-state index in [9.17, 15) is 4.79 Å². The van der Waals surface area contributed by atoms with Gasteiger partial charge in [-0.2, -0.15) is 5.10 Å². The number of hydrogen-bond donors (Lipinski definition) is 2. The molecule has 0 radical (unpaired) electrons. The molecule has 3 rings (SSSR count). The smallest absolute Gasteiger partial charge is 0.255 e. The van der Waals surface area contributed by atoms with E-state index in [4.69, 9.17) is 4.74 Å². The predicted molar refractivity (Wildman–Crippen MR) is 86.7 cm³/mol. The zero-order valence-corrected chi connectivity index (χ0v) is 13.5. The van der Waals surface area contributed by atoms with Gasteiger partial charge in [0.25, 0.3) is 5.91 Å². The average Bonchev–Trinajstić information content (AvgIpc) is 2.97. The van der Waals surface area contributed by atoms with Gasteiger partial charge in [-0.15, -0.1) is 0 Å². The molecule has 1 atom stereocenters. The molecule has 1 aromatic heterocycles. The maximum Gasteiger partial charge on any atom is 0.255 e.